The zero-order valence-corrected chi connectivity index (χ0v) is 40.9. The summed E-state index contributed by atoms with van der Waals surface area (Å²) in [5.74, 6) is -0.0262. The van der Waals surface area contributed by atoms with Gasteiger partial charge in [-0.2, -0.15) is 0 Å². The van der Waals surface area contributed by atoms with Gasteiger partial charge in [0.05, 0.1) is 0 Å². The van der Waals surface area contributed by atoms with Crippen LogP contribution in [0.1, 0.15) is 304 Å². The number of unbranched alkanes of at least 4 members (excludes halogenated alkanes) is 36. The summed E-state index contributed by atoms with van der Waals surface area (Å²) < 4.78 is 16.8. The minimum atomic E-state index is -0.760. The molecule has 0 saturated carbocycles. The summed E-state index contributed by atoms with van der Waals surface area (Å²) in [6.45, 7) is 9.01. The molecule has 0 N–H and O–H groups in total. The van der Waals surface area contributed by atoms with Crippen LogP contribution >= 0.6 is 0 Å². The van der Waals surface area contributed by atoms with Crippen molar-refractivity contribution in [2.75, 3.05) is 13.2 Å². The van der Waals surface area contributed by atoms with Crippen LogP contribution in [0.25, 0.3) is 0 Å². The lowest BCUT2D eigenvalue weighted by Gasteiger charge is -2.18. The van der Waals surface area contributed by atoms with Crippen molar-refractivity contribution in [2.24, 2.45) is 5.92 Å². The third kappa shape index (κ3) is 47.5. The van der Waals surface area contributed by atoms with Crippen LogP contribution in [-0.4, -0.2) is 37.2 Å². The van der Waals surface area contributed by atoms with E-state index in [1.54, 1.807) is 0 Å². The molecule has 0 bridgehead atoms. The predicted molar refractivity (Wildman–Crippen MR) is 257 cm³/mol. The van der Waals surface area contributed by atoms with E-state index in [-0.39, 0.29) is 31.1 Å². The van der Waals surface area contributed by atoms with Gasteiger partial charge < -0.3 is 14.2 Å². The van der Waals surface area contributed by atoms with Gasteiger partial charge in [0.1, 0.15) is 13.2 Å². The fraction of sp³-hybridized carbons (Fsp3) is 0.944. The highest BCUT2D eigenvalue weighted by Crippen LogP contribution is 2.17. The van der Waals surface area contributed by atoms with E-state index in [1.165, 1.54) is 199 Å². The molecule has 60 heavy (non-hydrogen) atoms. The SMILES string of the molecule is CCCCCCCCCCCCCCCCCCCCCC(=O)OC[C@H](COC(=O)CCCCCCCCCCCCC(C)C)OC(=O)CCCCCCCCCCCC. The Labute approximate surface area is 374 Å². The molecule has 0 amide bonds. The van der Waals surface area contributed by atoms with Crippen LogP contribution in [0.5, 0.6) is 0 Å². The molecule has 0 spiro atoms. The summed E-state index contributed by atoms with van der Waals surface area (Å²) in [4.78, 5) is 37.9. The highest BCUT2D eigenvalue weighted by atomic mass is 16.6. The van der Waals surface area contributed by atoms with Crippen molar-refractivity contribution in [3.8, 4) is 0 Å². The van der Waals surface area contributed by atoms with Crippen LogP contribution in [0, 0.1) is 5.92 Å². The fourth-order valence-corrected chi connectivity index (χ4v) is 8.22. The molecule has 0 aliphatic heterocycles. The van der Waals surface area contributed by atoms with Crippen LogP contribution in [-0.2, 0) is 28.6 Å². The monoisotopic (exact) mass is 849 g/mol. The Hall–Kier alpha value is -1.59. The van der Waals surface area contributed by atoms with Gasteiger partial charge in [0.25, 0.3) is 0 Å². The lowest BCUT2D eigenvalue weighted by atomic mass is 10.0. The quantitative estimate of drug-likeness (QED) is 0.0345. The van der Waals surface area contributed by atoms with Crippen molar-refractivity contribution in [2.45, 2.75) is 310 Å². The topological polar surface area (TPSA) is 78.9 Å². The standard InChI is InChI=1S/C54H104O6/c1-5-7-9-11-13-15-17-18-19-20-21-22-23-24-25-30-33-37-41-45-52(55)58-48-51(60-54(57)47-43-39-35-29-16-14-12-10-8-6-2)49-59-53(56)46-42-38-34-31-27-26-28-32-36-40-44-50(3)4/h50-51H,5-49H2,1-4H3/t51-/m1/s1. The second-order valence-electron chi connectivity index (χ2n) is 19.0. The molecule has 0 saturated heterocycles. The summed E-state index contributed by atoms with van der Waals surface area (Å²) in [7, 11) is 0. The van der Waals surface area contributed by atoms with E-state index in [4.69, 9.17) is 14.2 Å². The number of ether oxygens (including phenoxy) is 3. The van der Waals surface area contributed by atoms with E-state index in [0.29, 0.717) is 19.3 Å². The van der Waals surface area contributed by atoms with Gasteiger partial charge in [-0.05, 0) is 25.2 Å². The van der Waals surface area contributed by atoms with Crippen LogP contribution < -0.4 is 0 Å². The van der Waals surface area contributed by atoms with Crippen LogP contribution in [0.15, 0.2) is 0 Å². The number of esters is 3. The maximum atomic E-state index is 12.7. The van der Waals surface area contributed by atoms with Gasteiger partial charge >= 0.3 is 17.9 Å². The lowest BCUT2D eigenvalue weighted by molar-refractivity contribution is -0.167. The zero-order valence-electron chi connectivity index (χ0n) is 40.9. The van der Waals surface area contributed by atoms with Gasteiger partial charge in [-0.1, -0.05) is 265 Å². The maximum Gasteiger partial charge on any atom is 0.306 e. The Balaban J connectivity index is 4.22. The zero-order chi connectivity index (χ0) is 43.8. The molecule has 0 rings (SSSR count). The average Bonchev–Trinajstić information content (AvgIpc) is 3.23. The Morgan fingerprint density at radius 2 is 0.550 bits per heavy atom. The maximum absolute atomic E-state index is 12.7. The van der Waals surface area contributed by atoms with Crippen LogP contribution in [0.4, 0.5) is 0 Å². The number of hydrogen-bond donors (Lipinski definition) is 0. The Bertz CT molecular complexity index is 903. The summed E-state index contributed by atoms with van der Waals surface area (Å²) in [6, 6.07) is 0. The summed E-state index contributed by atoms with van der Waals surface area (Å²) in [5.41, 5.74) is 0. The highest BCUT2D eigenvalue weighted by Gasteiger charge is 2.19. The molecule has 0 heterocycles. The molecule has 6 heteroatoms. The van der Waals surface area contributed by atoms with Gasteiger partial charge in [0, 0.05) is 19.3 Å². The molecule has 0 aromatic heterocycles. The molecule has 6 nitrogen and oxygen atoms in total. The summed E-state index contributed by atoms with van der Waals surface area (Å²) >= 11 is 0. The van der Waals surface area contributed by atoms with Crippen molar-refractivity contribution >= 4 is 17.9 Å². The van der Waals surface area contributed by atoms with Crippen molar-refractivity contribution in [1.82, 2.24) is 0 Å². The first-order valence-electron chi connectivity index (χ1n) is 26.9. The summed E-state index contributed by atoms with van der Waals surface area (Å²) in [5, 5.41) is 0. The van der Waals surface area contributed by atoms with E-state index in [2.05, 4.69) is 27.7 Å². The predicted octanol–water partition coefficient (Wildman–Crippen LogP) is 17.5. The molecule has 0 unspecified atom stereocenters. The third-order valence-corrected chi connectivity index (χ3v) is 12.3. The van der Waals surface area contributed by atoms with Gasteiger partial charge in [-0.25, -0.2) is 0 Å². The van der Waals surface area contributed by atoms with Crippen molar-refractivity contribution in [1.29, 1.82) is 0 Å². The highest BCUT2D eigenvalue weighted by molar-refractivity contribution is 5.71. The van der Waals surface area contributed by atoms with E-state index >= 15 is 0 Å². The van der Waals surface area contributed by atoms with Gasteiger partial charge in [0.15, 0.2) is 6.10 Å². The van der Waals surface area contributed by atoms with Crippen molar-refractivity contribution in [3.63, 3.8) is 0 Å². The Kier molecular flexibility index (Phi) is 47.2. The fourth-order valence-electron chi connectivity index (χ4n) is 8.22. The molecule has 0 aromatic rings. The molecular formula is C54H104O6. The van der Waals surface area contributed by atoms with Crippen LogP contribution in [0.3, 0.4) is 0 Å². The second kappa shape index (κ2) is 48.4. The largest absolute Gasteiger partial charge is 0.462 e. The third-order valence-electron chi connectivity index (χ3n) is 12.3. The van der Waals surface area contributed by atoms with Gasteiger partial charge in [-0.3, -0.25) is 14.4 Å². The van der Waals surface area contributed by atoms with E-state index in [1.807, 2.05) is 0 Å². The van der Waals surface area contributed by atoms with Crippen molar-refractivity contribution < 1.29 is 28.6 Å². The van der Waals surface area contributed by atoms with Gasteiger partial charge in [-0.15, -0.1) is 0 Å². The van der Waals surface area contributed by atoms with Gasteiger partial charge in [0.2, 0.25) is 0 Å². The average molecular weight is 849 g/mol. The first-order chi connectivity index (χ1) is 29.4. The molecule has 1 atom stereocenters. The summed E-state index contributed by atoms with van der Waals surface area (Å²) in [6.07, 6.45) is 51.0. The molecular weight excluding hydrogens is 745 g/mol. The van der Waals surface area contributed by atoms with E-state index in [9.17, 15) is 14.4 Å². The second-order valence-corrected chi connectivity index (χ2v) is 19.0. The normalized spacial score (nSPS) is 11.9. The number of carbonyl (C=O) groups is 3. The number of hydrogen-bond acceptors (Lipinski definition) is 6. The first-order valence-corrected chi connectivity index (χ1v) is 26.9. The number of carbonyl (C=O) groups excluding carboxylic acids is 3. The van der Waals surface area contributed by atoms with E-state index in [0.717, 1.165) is 63.7 Å². The molecule has 0 aliphatic rings. The minimum absolute atomic E-state index is 0.0628. The Morgan fingerprint density at radius 1 is 0.317 bits per heavy atom. The molecule has 0 radical (unpaired) electrons. The molecule has 0 aliphatic carbocycles. The Morgan fingerprint density at radius 3 is 0.817 bits per heavy atom. The van der Waals surface area contributed by atoms with E-state index < -0.39 is 6.10 Å². The van der Waals surface area contributed by atoms with Crippen LogP contribution in [0.2, 0.25) is 0 Å². The minimum Gasteiger partial charge on any atom is -0.462 e. The first kappa shape index (κ1) is 58.4. The molecule has 356 valence electrons. The molecule has 0 fully saturated rings. The smallest absolute Gasteiger partial charge is 0.306 e. The number of rotatable bonds is 49. The lowest BCUT2D eigenvalue weighted by Crippen LogP contribution is -2.30. The molecule has 0 aromatic carbocycles. The van der Waals surface area contributed by atoms with Crippen molar-refractivity contribution in [3.05, 3.63) is 0 Å².